The van der Waals surface area contributed by atoms with E-state index in [1.807, 2.05) is 0 Å². The van der Waals surface area contributed by atoms with Crippen molar-refractivity contribution in [3.05, 3.63) is 10.0 Å². The van der Waals surface area contributed by atoms with Gasteiger partial charge in [-0.1, -0.05) is 36.8 Å². The van der Waals surface area contributed by atoms with Crippen LogP contribution >= 0.6 is 22.9 Å². The highest BCUT2D eigenvalue weighted by molar-refractivity contribution is 7.16. The Kier molecular flexibility index (Phi) is 3.90. The number of nitrogens with zero attached hydrogens (tertiary/aromatic N) is 2. The Morgan fingerprint density at radius 3 is 2.76 bits per heavy atom. The van der Waals surface area contributed by atoms with Crippen LogP contribution in [0.4, 0.5) is 5.13 Å². The van der Waals surface area contributed by atoms with Gasteiger partial charge in [0, 0.05) is 6.04 Å². The number of anilines is 1. The molecule has 1 aromatic heterocycles. The van der Waals surface area contributed by atoms with Gasteiger partial charge in [-0.3, -0.25) is 0 Å². The molecule has 0 radical (unpaired) electrons. The number of rotatable bonds is 2. The molecule has 5 heteroatoms. The molecule has 1 N–H and O–H groups in total. The maximum atomic E-state index is 8.82. The van der Waals surface area contributed by atoms with Gasteiger partial charge in [0.15, 0.2) is 10.3 Å². The minimum absolute atomic E-state index is 0.317. The van der Waals surface area contributed by atoms with Gasteiger partial charge < -0.3 is 5.32 Å². The van der Waals surface area contributed by atoms with Crippen LogP contribution in [-0.2, 0) is 0 Å². The van der Waals surface area contributed by atoms with Crippen LogP contribution in [0.1, 0.15) is 38.0 Å². The molecule has 3 nitrogen and oxygen atoms in total. The second kappa shape index (κ2) is 5.24. The summed E-state index contributed by atoms with van der Waals surface area (Å²) >= 11 is 7.19. The van der Waals surface area contributed by atoms with E-state index in [9.17, 15) is 0 Å². The summed E-state index contributed by atoms with van der Waals surface area (Å²) in [6.07, 6.45) is 3.59. The van der Waals surface area contributed by atoms with E-state index in [2.05, 4.69) is 30.2 Å². The van der Waals surface area contributed by atoms with Gasteiger partial charge in [-0.15, -0.1) is 0 Å². The van der Waals surface area contributed by atoms with Crippen LogP contribution in [0.15, 0.2) is 0 Å². The molecule has 0 spiro atoms. The number of aromatic nitrogens is 1. The van der Waals surface area contributed by atoms with Crippen LogP contribution in [0, 0.1) is 23.2 Å². The second-order valence-electron chi connectivity index (χ2n) is 4.86. The summed E-state index contributed by atoms with van der Waals surface area (Å²) < 4.78 is 0. The number of hydrogen-bond donors (Lipinski definition) is 1. The highest BCUT2D eigenvalue weighted by Crippen LogP contribution is 2.33. The Morgan fingerprint density at radius 1 is 1.41 bits per heavy atom. The SMILES string of the molecule is CC1CCC(Nc2nc(Cl)c(C#N)s2)CC1C. The predicted octanol–water partition coefficient (Wildman–Crippen LogP) is 3.90. The van der Waals surface area contributed by atoms with Crippen molar-refractivity contribution in [2.45, 2.75) is 39.2 Å². The van der Waals surface area contributed by atoms with Crippen LogP contribution in [0.5, 0.6) is 0 Å². The fraction of sp³-hybridized carbons (Fsp3) is 0.667. The van der Waals surface area contributed by atoms with Gasteiger partial charge in [-0.05, 0) is 31.1 Å². The minimum Gasteiger partial charge on any atom is -0.359 e. The van der Waals surface area contributed by atoms with Gasteiger partial charge in [-0.25, -0.2) is 4.98 Å². The van der Waals surface area contributed by atoms with Gasteiger partial charge in [0.1, 0.15) is 10.9 Å². The lowest BCUT2D eigenvalue weighted by atomic mass is 9.79. The summed E-state index contributed by atoms with van der Waals surface area (Å²) in [7, 11) is 0. The fourth-order valence-corrected chi connectivity index (χ4v) is 3.31. The first-order valence-electron chi connectivity index (χ1n) is 5.93. The minimum atomic E-state index is 0.317. The molecule has 0 aromatic carbocycles. The zero-order valence-electron chi connectivity index (χ0n) is 10.0. The van der Waals surface area contributed by atoms with E-state index in [1.165, 1.54) is 30.6 Å². The van der Waals surface area contributed by atoms with Crippen molar-refractivity contribution in [1.29, 1.82) is 5.26 Å². The Labute approximate surface area is 111 Å². The molecule has 0 saturated heterocycles. The van der Waals surface area contributed by atoms with Crippen LogP contribution < -0.4 is 5.32 Å². The normalized spacial score (nSPS) is 28.7. The lowest BCUT2D eigenvalue weighted by Crippen LogP contribution is -2.30. The predicted molar refractivity (Wildman–Crippen MR) is 71.4 cm³/mol. The first kappa shape index (κ1) is 12.7. The summed E-state index contributed by atoms with van der Waals surface area (Å²) in [6, 6.07) is 2.52. The third-order valence-corrected chi connectivity index (χ3v) is 4.89. The molecule has 17 heavy (non-hydrogen) atoms. The van der Waals surface area contributed by atoms with Crippen molar-refractivity contribution in [2.75, 3.05) is 5.32 Å². The molecule has 1 heterocycles. The van der Waals surface area contributed by atoms with Crippen LogP contribution in [0.2, 0.25) is 5.15 Å². The van der Waals surface area contributed by atoms with E-state index >= 15 is 0 Å². The molecule has 1 aliphatic carbocycles. The van der Waals surface area contributed by atoms with E-state index < -0.39 is 0 Å². The molecular weight excluding hydrogens is 254 g/mol. The topological polar surface area (TPSA) is 48.7 Å². The molecule has 3 atom stereocenters. The van der Waals surface area contributed by atoms with Crippen molar-refractivity contribution in [1.82, 2.24) is 4.98 Å². The van der Waals surface area contributed by atoms with E-state index in [-0.39, 0.29) is 0 Å². The molecule has 1 saturated carbocycles. The van der Waals surface area contributed by atoms with E-state index in [4.69, 9.17) is 16.9 Å². The Hall–Kier alpha value is -0.790. The van der Waals surface area contributed by atoms with E-state index in [0.717, 1.165) is 17.0 Å². The Balaban J connectivity index is 1.99. The summed E-state index contributed by atoms with van der Waals surface area (Å²) in [5.74, 6) is 1.55. The maximum absolute atomic E-state index is 8.82. The number of halogens is 1. The van der Waals surface area contributed by atoms with Crippen molar-refractivity contribution >= 4 is 28.1 Å². The molecular formula is C12H16ClN3S. The quantitative estimate of drug-likeness (QED) is 0.886. The smallest absolute Gasteiger partial charge is 0.185 e. The van der Waals surface area contributed by atoms with Gasteiger partial charge in [0.25, 0.3) is 0 Å². The van der Waals surface area contributed by atoms with E-state index in [0.29, 0.717) is 16.1 Å². The van der Waals surface area contributed by atoms with Crippen molar-refractivity contribution in [3.63, 3.8) is 0 Å². The Bertz CT molecular complexity index is 437. The largest absolute Gasteiger partial charge is 0.359 e. The maximum Gasteiger partial charge on any atom is 0.185 e. The first-order chi connectivity index (χ1) is 8.10. The number of thiazole rings is 1. The molecule has 0 bridgehead atoms. The zero-order valence-corrected chi connectivity index (χ0v) is 11.6. The molecule has 2 rings (SSSR count). The average molecular weight is 270 g/mol. The molecule has 1 fully saturated rings. The number of hydrogen-bond acceptors (Lipinski definition) is 4. The third kappa shape index (κ3) is 2.91. The zero-order chi connectivity index (χ0) is 12.4. The molecule has 1 aromatic rings. The Morgan fingerprint density at radius 2 is 2.18 bits per heavy atom. The summed E-state index contributed by atoms with van der Waals surface area (Å²) in [6.45, 7) is 4.61. The fourth-order valence-electron chi connectivity index (χ4n) is 2.29. The molecule has 3 unspecified atom stereocenters. The van der Waals surface area contributed by atoms with Gasteiger partial charge in [0.2, 0.25) is 0 Å². The van der Waals surface area contributed by atoms with Gasteiger partial charge in [-0.2, -0.15) is 5.26 Å². The number of nitriles is 1. The van der Waals surface area contributed by atoms with Crippen LogP contribution in [0.25, 0.3) is 0 Å². The monoisotopic (exact) mass is 269 g/mol. The van der Waals surface area contributed by atoms with Crippen LogP contribution in [0.3, 0.4) is 0 Å². The lowest BCUT2D eigenvalue weighted by molar-refractivity contribution is 0.261. The van der Waals surface area contributed by atoms with Gasteiger partial charge in [0.05, 0.1) is 0 Å². The molecule has 1 aliphatic rings. The summed E-state index contributed by atoms with van der Waals surface area (Å²) in [5, 5.41) is 13.3. The highest BCUT2D eigenvalue weighted by atomic mass is 35.5. The first-order valence-corrected chi connectivity index (χ1v) is 7.12. The summed E-state index contributed by atoms with van der Waals surface area (Å²) in [5.41, 5.74) is 0. The second-order valence-corrected chi connectivity index (χ2v) is 6.22. The van der Waals surface area contributed by atoms with E-state index in [1.54, 1.807) is 0 Å². The summed E-state index contributed by atoms with van der Waals surface area (Å²) in [4.78, 5) is 4.66. The lowest BCUT2D eigenvalue weighted by Gasteiger charge is -2.32. The highest BCUT2D eigenvalue weighted by Gasteiger charge is 2.25. The average Bonchev–Trinajstić information content (AvgIpc) is 2.64. The standard InChI is InChI=1S/C12H16ClN3S/c1-7-3-4-9(5-8(7)2)15-12-16-11(13)10(6-14)17-12/h7-9H,3-5H2,1-2H3,(H,15,16). The van der Waals surface area contributed by atoms with Gasteiger partial charge >= 0.3 is 0 Å². The number of nitrogens with one attached hydrogen (secondary N) is 1. The third-order valence-electron chi connectivity index (χ3n) is 3.61. The van der Waals surface area contributed by atoms with Crippen molar-refractivity contribution in [2.24, 2.45) is 11.8 Å². The van der Waals surface area contributed by atoms with Crippen LogP contribution in [-0.4, -0.2) is 11.0 Å². The molecule has 0 amide bonds. The van der Waals surface area contributed by atoms with Crippen molar-refractivity contribution < 1.29 is 0 Å². The molecule has 92 valence electrons. The molecule has 0 aliphatic heterocycles. The van der Waals surface area contributed by atoms with Crippen molar-refractivity contribution in [3.8, 4) is 6.07 Å².